The average Bonchev–Trinajstić information content (AvgIpc) is 2.10. The zero-order valence-electron chi connectivity index (χ0n) is 7.29. The molecule has 1 atom stereocenters. The maximum absolute atomic E-state index is 8.50. The molecule has 0 spiro atoms. The smallest absolute Gasteiger partial charge is 0.0641 e. The molecule has 0 saturated carbocycles. The number of hydrogen-bond acceptors (Lipinski definition) is 3. The molecule has 1 aromatic rings. The van der Waals surface area contributed by atoms with Crippen molar-refractivity contribution in [2.45, 2.75) is 19.4 Å². The van der Waals surface area contributed by atoms with Gasteiger partial charge < -0.3 is 5.73 Å². The van der Waals surface area contributed by atoms with Crippen LogP contribution in [-0.4, -0.2) is 4.98 Å². The fraction of sp³-hybridized carbons (Fsp3) is 0.333. The van der Waals surface area contributed by atoms with Crippen LogP contribution < -0.4 is 5.73 Å². The van der Waals surface area contributed by atoms with Crippen molar-refractivity contribution in [3.63, 3.8) is 0 Å². The molecule has 1 rings (SSSR count). The van der Waals surface area contributed by atoms with Crippen LogP contribution in [0.15, 0.2) is 16.9 Å². The Balaban J connectivity index is 3.02. The van der Waals surface area contributed by atoms with Crippen LogP contribution in [0.5, 0.6) is 0 Å². The lowest BCUT2D eigenvalue weighted by Gasteiger charge is -2.11. The fourth-order valence-corrected chi connectivity index (χ4v) is 1.44. The first-order chi connectivity index (χ1) is 6.16. The van der Waals surface area contributed by atoms with Gasteiger partial charge in [-0.05, 0) is 34.0 Å². The van der Waals surface area contributed by atoms with E-state index in [4.69, 9.17) is 11.0 Å². The monoisotopic (exact) mass is 239 g/mol. The Morgan fingerprint density at radius 1 is 1.69 bits per heavy atom. The average molecular weight is 240 g/mol. The van der Waals surface area contributed by atoms with Gasteiger partial charge in [0.2, 0.25) is 0 Å². The number of halogens is 1. The highest BCUT2D eigenvalue weighted by Crippen LogP contribution is 2.23. The molecule has 1 heterocycles. The molecule has 13 heavy (non-hydrogen) atoms. The molecule has 0 aliphatic heterocycles. The van der Waals surface area contributed by atoms with Crippen molar-refractivity contribution >= 4 is 15.9 Å². The summed E-state index contributed by atoms with van der Waals surface area (Å²) in [6.07, 6.45) is 3.75. The van der Waals surface area contributed by atoms with E-state index in [0.717, 1.165) is 15.6 Å². The first kappa shape index (κ1) is 10.2. The van der Waals surface area contributed by atoms with Gasteiger partial charge in [0.05, 0.1) is 12.5 Å². The van der Waals surface area contributed by atoms with E-state index in [1.165, 1.54) is 0 Å². The van der Waals surface area contributed by atoms with Crippen molar-refractivity contribution in [2.24, 2.45) is 5.73 Å². The number of hydrogen-bond donors (Lipinski definition) is 1. The summed E-state index contributed by atoms with van der Waals surface area (Å²) in [6, 6.07) is 1.80. The molecule has 0 aliphatic rings. The standard InChI is InChI=1S/C9H10BrN3/c1-6-7(9(12)2-3-11)4-13-5-8(6)10/h4-5,9H,2,12H2,1H3/t9-/m0/s1. The highest BCUT2D eigenvalue weighted by atomic mass is 79.9. The van der Waals surface area contributed by atoms with E-state index >= 15 is 0 Å². The first-order valence-electron chi connectivity index (χ1n) is 3.89. The Morgan fingerprint density at radius 3 is 3.00 bits per heavy atom. The van der Waals surface area contributed by atoms with E-state index < -0.39 is 0 Å². The van der Waals surface area contributed by atoms with Crippen molar-refractivity contribution in [2.75, 3.05) is 0 Å². The number of pyridine rings is 1. The van der Waals surface area contributed by atoms with Gasteiger partial charge in [-0.3, -0.25) is 4.98 Å². The van der Waals surface area contributed by atoms with Gasteiger partial charge in [-0.15, -0.1) is 0 Å². The maximum atomic E-state index is 8.50. The largest absolute Gasteiger partial charge is 0.323 e. The molecule has 4 heteroatoms. The Bertz CT molecular complexity index is 343. The van der Waals surface area contributed by atoms with E-state index in [1.807, 2.05) is 13.0 Å². The summed E-state index contributed by atoms with van der Waals surface area (Å²) >= 11 is 3.36. The minimum absolute atomic E-state index is 0.241. The van der Waals surface area contributed by atoms with Gasteiger partial charge in [0.15, 0.2) is 0 Å². The molecule has 1 aromatic heterocycles. The third kappa shape index (κ3) is 2.27. The quantitative estimate of drug-likeness (QED) is 0.860. The molecule has 68 valence electrons. The second-order valence-electron chi connectivity index (χ2n) is 2.80. The van der Waals surface area contributed by atoms with Gasteiger partial charge in [-0.25, -0.2) is 0 Å². The summed E-state index contributed by atoms with van der Waals surface area (Å²) in [5.74, 6) is 0. The molecular weight excluding hydrogens is 230 g/mol. The van der Waals surface area contributed by atoms with E-state index in [1.54, 1.807) is 12.4 Å². The van der Waals surface area contributed by atoms with Gasteiger partial charge in [-0.1, -0.05) is 0 Å². The van der Waals surface area contributed by atoms with Crippen molar-refractivity contribution in [3.05, 3.63) is 28.0 Å². The normalized spacial score (nSPS) is 12.2. The van der Waals surface area contributed by atoms with Crippen LogP contribution in [0.25, 0.3) is 0 Å². The number of rotatable bonds is 2. The van der Waals surface area contributed by atoms with Gasteiger partial charge in [0.1, 0.15) is 0 Å². The highest BCUT2D eigenvalue weighted by molar-refractivity contribution is 9.10. The SMILES string of the molecule is Cc1c(Br)cncc1[C@@H](N)CC#N. The highest BCUT2D eigenvalue weighted by Gasteiger charge is 2.10. The molecule has 0 bridgehead atoms. The third-order valence-corrected chi connectivity index (χ3v) is 2.70. The van der Waals surface area contributed by atoms with Crippen molar-refractivity contribution in [3.8, 4) is 6.07 Å². The topological polar surface area (TPSA) is 62.7 Å². The van der Waals surface area contributed by atoms with Crippen LogP contribution >= 0.6 is 15.9 Å². The summed E-state index contributed by atoms with van der Waals surface area (Å²) in [4.78, 5) is 4.01. The number of nitriles is 1. The molecule has 0 radical (unpaired) electrons. The summed E-state index contributed by atoms with van der Waals surface area (Å²) in [6.45, 7) is 1.96. The molecule has 0 saturated heterocycles. The van der Waals surface area contributed by atoms with Crippen molar-refractivity contribution < 1.29 is 0 Å². The lowest BCUT2D eigenvalue weighted by Crippen LogP contribution is -2.11. The molecule has 0 aliphatic carbocycles. The Morgan fingerprint density at radius 2 is 2.38 bits per heavy atom. The molecule has 3 nitrogen and oxygen atoms in total. The van der Waals surface area contributed by atoms with Crippen LogP contribution in [0, 0.1) is 18.3 Å². The fourth-order valence-electron chi connectivity index (χ4n) is 1.10. The third-order valence-electron chi connectivity index (χ3n) is 1.90. The lowest BCUT2D eigenvalue weighted by atomic mass is 10.0. The van der Waals surface area contributed by atoms with Gasteiger partial charge >= 0.3 is 0 Å². The predicted octanol–water partition coefficient (Wildman–Crippen LogP) is 2.07. The van der Waals surface area contributed by atoms with Crippen molar-refractivity contribution in [1.29, 1.82) is 5.26 Å². The number of nitrogens with zero attached hydrogens (tertiary/aromatic N) is 2. The molecule has 0 fully saturated rings. The van der Waals surface area contributed by atoms with Crippen LogP contribution in [0.3, 0.4) is 0 Å². The van der Waals surface area contributed by atoms with Crippen LogP contribution in [0.4, 0.5) is 0 Å². The first-order valence-corrected chi connectivity index (χ1v) is 4.68. The summed E-state index contributed by atoms with van der Waals surface area (Å²) in [5, 5.41) is 8.50. The van der Waals surface area contributed by atoms with E-state index in [-0.39, 0.29) is 6.04 Å². The van der Waals surface area contributed by atoms with Crippen molar-refractivity contribution in [1.82, 2.24) is 4.98 Å². The second kappa shape index (κ2) is 4.35. The molecule has 2 N–H and O–H groups in total. The lowest BCUT2D eigenvalue weighted by molar-refractivity contribution is 0.736. The molecule has 0 aromatic carbocycles. The summed E-state index contributed by atoms with van der Waals surface area (Å²) in [5.41, 5.74) is 7.77. The summed E-state index contributed by atoms with van der Waals surface area (Å²) in [7, 11) is 0. The molecule has 0 amide bonds. The van der Waals surface area contributed by atoms with E-state index in [9.17, 15) is 0 Å². The second-order valence-corrected chi connectivity index (χ2v) is 3.66. The summed E-state index contributed by atoms with van der Waals surface area (Å²) < 4.78 is 0.929. The Kier molecular flexibility index (Phi) is 3.40. The molecular formula is C9H10BrN3. The maximum Gasteiger partial charge on any atom is 0.0641 e. The zero-order chi connectivity index (χ0) is 9.84. The Hall–Kier alpha value is -0.920. The van der Waals surface area contributed by atoms with E-state index in [0.29, 0.717) is 6.42 Å². The number of nitrogens with two attached hydrogens (primary N) is 1. The molecule has 0 unspecified atom stereocenters. The van der Waals surface area contributed by atoms with E-state index in [2.05, 4.69) is 20.9 Å². The Labute approximate surface area is 85.7 Å². The van der Waals surface area contributed by atoms with Gasteiger partial charge in [0, 0.05) is 22.9 Å². The zero-order valence-corrected chi connectivity index (χ0v) is 8.87. The van der Waals surface area contributed by atoms with Crippen LogP contribution in [0.1, 0.15) is 23.6 Å². The van der Waals surface area contributed by atoms with Crippen LogP contribution in [-0.2, 0) is 0 Å². The van der Waals surface area contributed by atoms with Gasteiger partial charge in [-0.2, -0.15) is 5.26 Å². The minimum Gasteiger partial charge on any atom is -0.323 e. The predicted molar refractivity (Wildman–Crippen MR) is 53.8 cm³/mol. The minimum atomic E-state index is -0.241. The van der Waals surface area contributed by atoms with Crippen LogP contribution in [0.2, 0.25) is 0 Å². The van der Waals surface area contributed by atoms with Gasteiger partial charge in [0.25, 0.3) is 0 Å². The number of aromatic nitrogens is 1.